The molecule has 0 spiro atoms. The first-order valence-electron chi connectivity index (χ1n) is 6.47. The van der Waals surface area contributed by atoms with Crippen molar-refractivity contribution >= 4 is 7.82 Å². The van der Waals surface area contributed by atoms with E-state index < -0.39 is 25.3 Å². The van der Waals surface area contributed by atoms with Crippen molar-refractivity contribution in [2.24, 2.45) is 0 Å². The van der Waals surface area contributed by atoms with Crippen molar-refractivity contribution in [3.05, 3.63) is 54.1 Å². The Morgan fingerprint density at radius 3 is 2.04 bits per heavy atom. The molecule has 0 fully saturated rings. The molecule has 0 atom stereocenters. The molecular formula is C15H14F3O4P. The second-order valence-corrected chi connectivity index (χ2v) is 6.29. The molecule has 0 bridgehead atoms. The fourth-order valence-corrected chi connectivity index (χ4v) is 2.61. The first-order chi connectivity index (χ1) is 10.8. The number of alkyl halides is 3. The van der Waals surface area contributed by atoms with E-state index in [1.807, 2.05) is 0 Å². The van der Waals surface area contributed by atoms with Crippen LogP contribution in [-0.4, -0.2) is 14.2 Å². The average Bonchev–Trinajstić information content (AvgIpc) is 2.55. The van der Waals surface area contributed by atoms with Gasteiger partial charge in [0.05, 0.1) is 5.56 Å². The summed E-state index contributed by atoms with van der Waals surface area (Å²) in [5, 5.41) is 0. The largest absolute Gasteiger partial charge is 0.529 e. The van der Waals surface area contributed by atoms with Crippen LogP contribution in [0.25, 0.3) is 11.1 Å². The molecule has 2 aromatic rings. The number of benzene rings is 2. The topological polar surface area (TPSA) is 44.8 Å². The van der Waals surface area contributed by atoms with Crippen LogP contribution >= 0.6 is 7.82 Å². The second-order valence-electron chi connectivity index (χ2n) is 4.48. The van der Waals surface area contributed by atoms with E-state index in [-0.39, 0.29) is 0 Å². The molecule has 0 heterocycles. The van der Waals surface area contributed by atoms with Gasteiger partial charge in [-0.1, -0.05) is 36.4 Å². The molecule has 0 radical (unpaired) electrons. The van der Waals surface area contributed by atoms with Gasteiger partial charge < -0.3 is 4.52 Å². The van der Waals surface area contributed by atoms with Crippen molar-refractivity contribution in [1.29, 1.82) is 0 Å². The SMILES string of the molecule is COP(=O)(OC)Oc1ccc(-c2ccccc2)cc1C(F)(F)F. The van der Waals surface area contributed by atoms with E-state index in [4.69, 9.17) is 4.52 Å². The number of halogens is 3. The summed E-state index contributed by atoms with van der Waals surface area (Å²) in [6, 6.07) is 12.0. The smallest absolute Gasteiger partial charge is 0.403 e. The van der Waals surface area contributed by atoms with Crippen molar-refractivity contribution in [3.8, 4) is 16.9 Å². The zero-order valence-electron chi connectivity index (χ0n) is 12.3. The molecule has 8 heteroatoms. The molecule has 2 rings (SSSR count). The molecule has 4 nitrogen and oxygen atoms in total. The molecule has 0 saturated heterocycles. The van der Waals surface area contributed by atoms with Gasteiger partial charge in [-0.15, -0.1) is 0 Å². The van der Waals surface area contributed by atoms with Crippen LogP contribution in [0.15, 0.2) is 48.5 Å². The maximum absolute atomic E-state index is 13.3. The summed E-state index contributed by atoms with van der Waals surface area (Å²) in [6.07, 6.45) is -4.69. The van der Waals surface area contributed by atoms with Crippen LogP contribution in [0.3, 0.4) is 0 Å². The molecule has 0 unspecified atom stereocenters. The Hall–Kier alpha value is -1.82. The number of hydrogen-bond donors (Lipinski definition) is 0. The van der Waals surface area contributed by atoms with Crippen LogP contribution in [0.2, 0.25) is 0 Å². The number of rotatable bonds is 5. The van der Waals surface area contributed by atoms with E-state index in [0.29, 0.717) is 11.1 Å². The Bertz CT molecular complexity index is 708. The summed E-state index contributed by atoms with van der Waals surface area (Å²) in [6.45, 7) is 0. The zero-order valence-corrected chi connectivity index (χ0v) is 13.2. The van der Waals surface area contributed by atoms with E-state index in [0.717, 1.165) is 26.4 Å². The third kappa shape index (κ3) is 4.13. The monoisotopic (exact) mass is 346 g/mol. The van der Waals surface area contributed by atoms with Gasteiger partial charge in [0.15, 0.2) is 0 Å². The van der Waals surface area contributed by atoms with Gasteiger partial charge >= 0.3 is 14.0 Å². The van der Waals surface area contributed by atoms with Gasteiger partial charge in [-0.3, -0.25) is 9.05 Å². The highest BCUT2D eigenvalue weighted by Crippen LogP contribution is 2.51. The van der Waals surface area contributed by atoms with Gasteiger partial charge in [-0.05, 0) is 23.3 Å². The molecule has 0 aliphatic rings. The fraction of sp³-hybridized carbons (Fsp3) is 0.200. The maximum atomic E-state index is 13.3. The summed E-state index contributed by atoms with van der Waals surface area (Å²) >= 11 is 0. The minimum absolute atomic E-state index is 0.356. The van der Waals surface area contributed by atoms with Crippen molar-refractivity contribution in [1.82, 2.24) is 0 Å². The molecular weight excluding hydrogens is 332 g/mol. The summed E-state index contributed by atoms with van der Waals surface area (Å²) in [5.74, 6) is -0.621. The molecule has 0 N–H and O–H groups in total. The third-order valence-electron chi connectivity index (χ3n) is 3.05. The summed E-state index contributed by atoms with van der Waals surface area (Å²) < 4.78 is 65.6. The van der Waals surface area contributed by atoms with Crippen molar-refractivity contribution in [2.75, 3.05) is 14.2 Å². The van der Waals surface area contributed by atoms with Gasteiger partial charge in [0, 0.05) is 14.2 Å². The molecule has 0 aliphatic carbocycles. The molecule has 0 aromatic heterocycles. The average molecular weight is 346 g/mol. The minimum Gasteiger partial charge on any atom is -0.403 e. The summed E-state index contributed by atoms with van der Waals surface area (Å²) in [7, 11) is -2.04. The van der Waals surface area contributed by atoms with Crippen LogP contribution in [0.1, 0.15) is 5.56 Å². The van der Waals surface area contributed by atoms with E-state index in [2.05, 4.69) is 9.05 Å². The van der Waals surface area contributed by atoms with E-state index in [9.17, 15) is 17.7 Å². The Balaban J connectivity index is 2.50. The summed E-state index contributed by atoms with van der Waals surface area (Å²) in [5.41, 5.74) is -0.0886. The van der Waals surface area contributed by atoms with E-state index in [1.54, 1.807) is 30.3 Å². The second kappa shape index (κ2) is 6.74. The van der Waals surface area contributed by atoms with Crippen molar-refractivity contribution in [2.45, 2.75) is 6.18 Å². The highest BCUT2D eigenvalue weighted by Gasteiger charge is 2.37. The number of phosphoric acid groups is 1. The van der Waals surface area contributed by atoms with Crippen LogP contribution in [-0.2, 0) is 19.8 Å². The van der Waals surface area contributed by atoms with Crippen molar-refractivity contribution in [3.63, 3.8) is 0 Å². The van der Waals surface area contributed by atoms with Gasteiger partial charge in [-0.25, -0.2) is 4.57 Å². The lowest BCUT2D eigenvalue weighted by atomic mass is 10.0. The maximum Gasteiger partial charge on any atom is 0.529 e. The normalized spacial score (nSPS) is 12.2. The summed E-state index contributed by atoms with van der Waals surface area (Å²) in [4.78, 5) is 0. The third-order valence-corrected chi connectivity index (χ3v) is 4.36. The predicted molar refractivity (Wildman–Crippen MR) is 79.1 cm³/mol. The predicted octanol–water partition coefficient (Wildman–Crippen LogP) is 5.15. The van der Waals surface area contributed by atoms with Crippen LogP contribution in [0, 0.1) is 0 Å². The lowest BCUT2D eigenvalue weighted by Gasteiger charge is -2.19. The molecule has 2 aromatic carbocycles. The van der Waals surface area contributed by atoms with Gasteiger partial charge in [0.25, 0.3) is 0 Å². The van der Waals surface area contributed by atoms with Crippen LogP contribution in [0.4, 0.5) is 13.2 Å². The first-order valence-corrected chi connectivity index (χ1v) is 7.93. The van der Waals surface area contributed by atoms with Crippen LogP contribution < -0.4 is 4.52 Å². The molecule has 0 aliphatic heterocycles. The lowest BCUT2D eigenvalue weighted by molar-refractivity contribution is -0.138. The Morgan fingerprint density at radius 1 is 0.913 bits per heavy atom. The fourth-order valence-electron chi connectivity index (χ4n) is 1.91. The zero-order chi connectivity index (χ0) is 17.1. The Morgan fingerprint density at radius 2 is 1.52 bits per heavy atom. The number of phosphoric ester groups is 1. The van der Waals surface area contributed by atoms with Crippen LogP contribution in [0.5, 0.6) is 5.75 Å². The first kappa shape index (κ1) is 17.5. The molecule has 0 amide bonds. The molecule has 0 saturated carbocycles. The quantitative estimate of drug-likeness (QED) is 0.702. The standard InChI is InChI=1S/C15H14F3O4P/c1-20-23(19,21-2)22-14-9-8-12(10-13(14)15(16,17)18)11-6-4-3-5-7-11/h3-10H,1-2H3. The highest BCUT2D eigenvalue weighted by atomic mass is 31.2. The van der Waals surface area contributed by atoms with Gasteiger partial charge in [0.1, 0.15) is 5.75 Å². The van der Waals surface area contributed by atoms with Gasteiger partial charge in [0.2, 0.25) is 0 Å². The van der Waals surface area contributed by atoms with E-state index >= 15 is 0 Å². The van der Waals surface area contributed by atoms with Gasteiger partial charge in [-0.2, -0.15) is 13.2 Å². The van der Waals surface area contributed by atoms with Crippen molar-refractivity contribution < 1.29 is 31.3 Å². The molecule has 23 heavy (non-hydrogen) atoms. The highest BCUT2D eigenvalue weighted by molar-refractivity contribution is 7.48. The Labute approximate surface area is 131 Å². The van der Waals surface area contributed by atoms with E-state index in [1.165, 1.54) is 6.07 Å². The molecule has 124 valence electrons. The minimum atomic E-state index is -4.69. The number of hydrogen-bond acceptors (Lipinski definition) is 4. The lowest BCUT2D eigenvalue weighted by Crippen LogP contribution is -2.09. The Kier molecular flexibility index (Phi) is 5.14.